The molecule has 1 N–H and O–H groups in total. The Kier molecular flexibility index (Phi) is 4.24. The molecule has 0 radical (unpaired) electrons. The first kappa shape index (κ1) is 18.6. The number of benzene rings is 2. The third kappa shape index (κ3) is 2.91. The Morgan fingerprint density at radius 2 is 2.07 bits per heavy atom. The molecule has 0 saturated heterocycles. The van der Waals surface area contributed by atoms with Crippen LogP contribution in [0.15, 0.2) is 51.4 Å². The maximum atomic E-state index is 14.5. The second-order valence-electron chi connectivity index (χ2n) is 7.84. The highest BCUT2D eigenvalue weighted by Gasteiger charge is 2.28. The monoisotopic (exact) mass is 404 g/mol. The maximum Gasteiger partial charge on any atom is 0.265 e. The quantitative estimate of drug-likeness (QED) is 0.585. The lowest BCUT2D eigenvalue weighted by Gasteiger charge is -2.26. The summed E-state index contributed by atoms with van der Waals surface area (Å²) < 4.78 is 26.4. The Balaban J connectivity index is 1.74. The van der Waals surface area contributed by atoms with E-state index < -0.39 is 6.10 Å². The molecular weight excluding hydrogens is 383 g/mol. The molecule has 1 unspecified atom stereocenters. The second-order valence-corrected chi connectivity index (χ2v) is 7.84. The Bertz CT molecular complexity index is 1270. The van der Waals surface area contributed by atoms with Crippen molar-refractivity contribution >= 4 is 28.3 Å². The van der Waals surface area contributed by atoms with Crippen LogP contribution in [0.1, 0.15) is 36.3 Å². The summed E-state index contributed by atoms with van der Waals surface area (Å²) in [5.74, 6) is 0.665. The summed E-state index contributed by atoms with van der Waals surface area (Å²) in [5.41, 5.74) is 5.58. The van der Waals surface area contributed by atoms with Gasteiger partial charge in [0.15, 0.2) is 11.9 Å². The number of fused-ring (bicyclic) bond motifs is 3. The number of rotatable bonds is 1. The summed E-state index contributed by atoms with van der Waals surface area (Å²) in [4.78, 5) is 16.8. The highest BCUT2D eigenvalue weighted by molar-refractivity contribution is 6.15. The number of aryl methyl sites for hydroxylation is 1. The molecule has 2 aliphatic heterocycles. The van der Waals surface area contributed by atoms with Gasteiger partial charge in [0.1, 0.15) is 22.9 Å². The highest BCUT2D eigenvalue weighted by atomic mass is 19.1. The van der Waals surface area contributed by atoms with E-state index in [4.69, 9.17) is 14.1 Å². The predicted molar refractivity (Wildman–Crippen MR) is 114 cm³/mol. The van der Waals surface area contributed by atoms with Gasteiger partial charge in [-0.15, -0.1) is 0 Å². The summed E-state index contributed by atoms with van der Waals surface area (Å²) in [6.07, 6.45) is 2.20. The van der Waals surface area contributed by atoms with Crippen LogP contribution in [0.25, 0.3) is 11.0 Å². The van der Waals surface area contributed by atoms with Crippen LogP contribution >= 0.6 is 0 Å². The van der Waals surface area contributed by atoms with Crippen molar-refractivity contribution in [1.29, 1.82) is 0 Å². The number of nitrogens with one attached hydrogen (secondary N) is 1. The average Bonchev–Trinajstić information content (AvgIpc) is 3.03. The van der Waals surface area contributed by atoms with Gasteiger partial charge < -0.3 is 14.5 Å². The molecular formula is C24H21FN2O3. The van der Waals surface area contributed by atoms with E-state index in [1.165, 1.54) is 11.6 Å². The normalized spacial score (nSPS) is 18.4. The Labute approximate surface area is 173 Å². The van der Waals surface area contributed by atoms with E-state index in [0.717, 1.165) is 16.7 Å². The Morgan fingerprint density at radius 1 is 1.23 bits per heavy atom. The van der Waals surface area contributed by atoms with E-state index in [1.54, 1.807) is 19.1 Å². The zero-order valence-corrected chi connectivity index (χ0v) is 17.0. The van der Waals surface area contributed by atoms with Gasteiger partial charge in [-0.25, -0.2) is 4.39 Å². The zero-order valence-electron chi connectivity index (χ0n) is 17.0. The molecule has 1 amide bonds. The molecule has 2 aromatic carbocycles. The summed E-state index contributed by atoms with van der Waals surface area (Å²) in [6.45, 7) is 6.12. The summed E-state index contributed by atoms with van der Waals surface area (Å²) in [6, 6.07) is 8.67. The number of carbonyl (C=O) groups is 1. The number of carbonyl (C=O) groups excluding carboxylic acids is 1. The molecule has 0 fully saturated rings. The van der Waals surface area contributed by atoms with E-state index >= 15 is 0 Å². The summed E-state index contributed by atoms with van der Waals surface area (Å²) >= 11 is 0. The van der Waals surface area contributed by atoms with Crippen molar-refractivity contribution in [3.63, 3.8) is 0 Å². The molecule has 3 aromatic rings. The van der Waals surface area contributed by atoms with Crippen molar-refractivity contribution in [1.82, 2.24) is 0 Å². The fourth-order valence-electron chi connectivity index (χ4n) is 4.09. The van der Waals surface area contributed by atoms with E-state index in [-0.39, 0.29) is 11.7 Å². The van der Waals surface area contributed by atoms with E-state index in [1.807, 2.05) is 19.1 Å². The largest absolute Gasteiger partial charge is 0.479 e. The third-order valence-corrected chi connectivity index (χ3v) is 5.67. The topological polar surface area (TPSA) is 63.8 Å². The number of hydrogen-bond acceptors (Lipinski definition) is 4. The van der Waals surface area contributed by atoms with Gasteiger partial charge in [-0.05, 0) is 57.0 Å². The molecule has 0 saturated carbocycles. The molecule has 2 aliphatic rings. The van der Waals surface area contributed by atoms with Crippen molar-refractivity contribution in [3.8, 4) is 5.75 Å². The highest BCUT2D eigenvalue weighted by Crippen LogP contribution is 2.37. The van der Waals surface area contributed by atoms with Gasteiger partial charge in [-0.2, -0.15) is 0 Å². The van der Waals surface area contributed by atoms with Crippen LogP contribution in [0.3, 0.4) is 0 Å². The second kappa shape index (κ2) is 6.83. The van der Waals surface area contributed by atoms with Crippen LogP contribution in [0.2, 0.25) is 0 Å². The lowest BCUT2D eigenvalue weighted by atomic mass is 9.92. The first-order valence-corrected chi connectivity index (χ1v) is 9.95. The fourth-order valence-corrected chi connectivity index (χ4v) is 4.09. The van der Waals surface area contributed by atoms with Crippen molar-refractivity contribution in [2.45, 2.75) is 33.3 Å². The molecule has 0 bridgehead atoms. The van der Waals surface area contributed by atoms with Gasteiger partial charge >= 0.3 is 0 Å². The molecule has 5 nitrogen and oxygen atoms in total. The zero-order chi connectivity index (χ0) is 21.0. The smallest absolute Gasteiger partial charge is 0.265 e. The number of ether oxygens (including phenoxy) is 1. The number of hydrogen-bond donors (Lipinski definition) is 1. The van der Waals surface area contributed by atoms with E-state index in [2.05, 4.69) is 18.3 Å². The lowest BCUT2D eigenvalue weighted by molar-refractivity contribution is -0.122. The third-order valence-electron chi connectivity index (χ3n) is 5.67. The minimum atomic E-state index is -0.576. The van der Waals surface area contributed by atoms with Crippen molar-refractivity contribution in [2.24, 2.45) is 4.99 Å². The molecule has 0 aliphatic carbocycles. The first-order chi connectivity index (χ1) is 14.4. The fraction of sp³-hybridized carbons (Fsp3) is 0.250. The van der Waals surface area contributed by atoms with Crippen LogP contribution in [0, 0.1) is 12.7 Å². The number of nitrogens with zero attached hydrogens (tertiary/aromatic N) is 1. The number of aliphatic imine (C=N–C) groups is 1. The van der Waals surface area contributed by atoms with Gasteiger partial charge in [0, 0.05) is 11.1 Å². The van der Waals surface area contributed by atoms with Gasteiger partial charge in [0.05, 0.1) is 17.6 Å². The Morgan fingerprint density at radius 3 is 2.87 bits per heavy atom. The lowest BCUT2D eigenvalue weighted by Crippen LogP contribution is -2.34. The van der Waals surface area contributed by atoms with E-state index in [0.29, 0.717) is 46.8 Å². The van der Waals surface area contributed by atoms with Gasteiger partial charge in [0.2, 0.25) is 0 Å². The molecule has 152 valence electrons. The number of halogens is 1. The number of allylic oxidation sites excluding steroid dienone is 1. The van der Waals surface area contributed by atoms with E-state index in [9.17, 15) is 9.18 Å². The van der Waals surface area contributed by atoms with Crippen LogP contribution in [-0.4, -0.2) is 24.3 Å². The molecule has 30 heavy (non-hydrogen) atoms. The standard InChI is InChI=1S/C24H21FN2O3/c1-12-7-8-26-22(23-13(2)21-17(25)5-4-6-19(21)30-23)16-11-20-18(10-15(16)9-12)27-24(28)14(3)29-20/h4-7,10-11,14H,8-9H2,1-3H3,(H,27,28). The number of anilines is 1. The van der Waals surface area contributed by atoms with Crippen molar-refractivity contribution < 1.29 is 18.3 Å². The van der Waals surface area contributed by atoms with Crippen LogP contribution in [0.4, 0.5) is 10.1 Å². The minimum Gasteiger partial charge on any atom is -0.479 e. The number of amides is 1. The van der Waals surface area contributed by atoms with Gasteiger partial charge in [0.25, 0.3) is 5.91 Å². The predicted octanol–water partition coefficient (Wildman–Crippen LogP) is 4.94. The average molecular weight is 404 g/mol. The van der Waals surface area contributed by atoms with Crippen molar-refractivity contribution in [3.05, 3.63) is 70.2 Å². The summed E-state index contributed by atoms with van der Waals surface area (Å²) in [5, 5.41) is 3.38. The molecule has 1 atom stereocenters. The molecule has 5 rings (SSSR count). The molecule has 6 heteroatoms. The summed E-state index contributed by atoms with van der Waals surface area (Å²) in [7, 11) is 0. The van der Waals surface area contributed by atoms with Gasteiger partial charge in [-0.1, -0.05) is 17.7 Å². The molecule has 1 aromatic heterocycles. The van der Waals surface area contributed by atoms with Gasteiger partial charge in [-0.3, -0.25) is 9.79 Å². The van der Waals surface area contributed by atoms with Crippen LogP contribution in [0.5, 0.6) is 5.75 Å². The first-order valence-electron chi connectivity index (χ1n) is 9.95. The minimum absolute atomic E-state index is 0.168. The van der Waals surface area contributed by atoms with Crippen LogP contribution in [-0.2, 0) is 11.2 Å². The molecule has 3 heterocycles. The molecule has 0 spiro atoms. The Hall–Kier alpha value is -3.41. The SMILES string of the molecule is CC1=CCN=C(c2oc3cccc(F)c3c2C)c2cc3c(cc2C1)NC(=O)C(C)O3. The van der Waals surface area contributed by atoms with Crippen LogP contribution < -0.4 is 10.1 Å². The number of furan rings is 1. The maximum absolute atomic E-state index is 14.5. The van der Waals surface area contributed by atoms with Crippen molar-refractivity contribution in [2.75, 3.05) is 11.9 Å².